The van der Waals surface area contributed by atoms with Crippen molar-refractivity contribution in [3.63, 3.8) is 0 Å². The molecule has 2 aromatic rings. The molecule has 2 aromatic carbocycles. The van der Waals surface area contributed by atoms with E-state index in [2.05, 4.69) is 10.6 Å². The van der Waals surface area contributed by atoms with Crippen molar-refractivity contribution in [2.75, 3.05) is 19.0 Å². The molecular formula is C24H24N2O6. The minimum atomic E-state index is -1.38. The lowest BCUT2D eigenvalue weighted by Gasteiger charge is -2.43. The van der Waals surface area contributed by atoms with Crippen molar-refractivity contribution in [1.29, 1.82) is 0 Å². The van der Waals surface area contributed by atoms with Gasteiger partial charge < -0.3 is 24.8 Å². The second-order valence-electron chi connectivity index (χ2n) is 7.51. The van der Waals surface area contributed by atoms with Gasteiger partial charge in [0.15, 0.2) is 0 Å². The number of nitrogens with one attached hydrogen (secondary N) is 2. The molecule has 0 saturated heterocycles. The molecule has 8 nitrogen and oxygen atoms in total. The molecule has 2 unspecified atom stereocenters. The summed E-state index contributed by atoms with van der Waals surface area (Å²) in [4.78, 5) is 38.3. The minimum Gasteiger partial charge on any atom is -0.497 e. The third-order valence-corrected chi connectivity index (χ3v) is 5.51. The molecule has 2 aliphatic heterocycles. The Morgan fingerprint density at radius 3 is 2.72 bits per heavy atom. The highest BCUT2D eigenvalue weighted by Gasteiger charge is 2.49. The van der Waals surface area contributed by atoms with Gasteiger partial charge in [0.05, 0.1) is 13.7 Å². The van der Waals surface area contributed by atoms with E-state index in [4.69, 9.17) is 14.2 Å². The van der Waals surface area contributed by atoms with Crippen LogP contribution in [0.1, 0.15) is 29.3 Å². The van der Waals surface area contributed by atoms with Gasteiger partial charge in [-0.25, -0.2) is 9.59 Å². The van der Waals surface area contributed by atoms with Crippen LogP contribution in [0.2, 0.25) is 0 Å². The van der Waals surface area contributed by atoms with Crippen LogP contribution in [0.5, 0.6) is 5.75 Å². The van der Waals surface area contributed by atoms with Crippen LogP contribution in [0.25, 0.3) is 0 Å². The molecule has 8 heteroatoms. The summed E-state index contributed by atoms with van der Waals surface area (Å²) in [5.41, 5.74) is 0.878. The topological polar surface area (TPSA) is 103 Å². The maximum atomic E-state index is 12.9. The molecule has 0 bridgehead atoms. The van der Waals surface area contributed by atoms with Crippen LogP contribution in [0.4, 0.5) is 5.69 Å². The van der Waals surface area contributed by atoms with Crippen LogP contribution in [0, 0.1) is 0 Å². The van der Waals surface area contributed by atoms with Gasteiger partial charge in [-0.3, -0.25) is 4.79 Å². The number of carbonyl (C=O) groups is 3. The van der Waals surface area contributed by atoms with E-state index in [9.17, 15) is 14.4 Å². The number of carbonyl (C=O) groups excluding carboxylic acids is 3. The Labute approximate surface area is 185 Å². The smallest absolute Gasteiger partial charge is 0.339 e. The molecule has 32 heavy (non-hydrogen) atoms. The van der Waals surface area contributed by atoms with Crippen molar-refractivity contribution in [3.8, 4) is 5.75 Å². The van der Waals surface area contributed by atoms with Crippen LogP contribution in [-0.2, 0) is 25.5 Å². The highest BCUT2D eigenvalue weighted by Crippen LogP contribution is 2.40. The Balaban J connectivity index is 1.66. The van der Waals surface area contributed by atoms with Gasteiger partial charge in [-0.1, -0.05) is 18.2 Å². The van der Waals surface area contributed by atoms with Crippen LogP contribution >= 0.6 is 0 Å². The Hall–Kier alpha value is -3.81. The predicted octanol–water partition coefficient (Wildman–Crippen LogP) is 2.59. The van der Waals surface area contributed by atoms with E-state index >= 15 is 0 Å². The van der Waals surface area contributed by atoms with Gasteiger partial charge in [0.2, 0.25) is 5.72 Å². The number of rotatable bonds is 5. The largest absolute Gasteiger partial charge is 0.497 e. The molecule has 1 spiro atoms. The summed E-state index contributed by atoms with van der Waals surface area (Å²) < 4.78 is 16.3. The quantitative estimate of drug-likeness (QED) is 0.695. The van der Waals surface area contributed by atoms with E-state index in [1.165, 1.54) is 6.08 Å². The maximum absolute atomic E-state index is 12.9. The van der Waals surface area contributed by atoms with E-state index in [1.807, 2.05) is 12.1 Å². The summed E-state index contributed by atoms with van der Waals surface area (Å²) in [5.74, 6) is -1.00. The fourth-order valence-electron chi connectivity index (χ4n) is 3.91. The van der Waals surface area contributed by atoms with Crippen molar-refractivity contribution < 1.29 is 28.6 Å². The zero-order valence-corrected chi connectivity index (χ0v) is 17.8. The molecule has 0 aromatic heterocycles. The summed E-state index contributed by atoms with van der Waals surface area (Å²) in [6.45, 7) is 1.86. The highest BCUT2D eigenvalue weighted by atomic mass is 16.6. The average molecular weight is 436 g/mol. The third-order valence-electron chi connectivity index (χ3n) is 5.51. The Bertz CT molecular complexity index is 1080. The monoisotopic (exact) mass is 436 g/mol. The average Bonchev–Trinajstić information content (AvgIpc) is 2.81. The molecule has 2 atom stereocenters. The Morgan fingerprint density at radius 2 is 2.00 bits per heavy atom. The van der Waals surface area contributed by atoms with E-state index < -0.39 is 29.6 Å². The van der Waals surface area contributed by atoms with Gasteiger partial charge in [-0.05, 0) is 55.3 Å². The molecule has 2 N–H and O–H groups in total. The molecule has 1 amide bonds. The lowest BCUT2D eigenvalue weighted by molar-refractivity contribution is -0.160. The zero-order chi connectivity index (χ0) is 22.7. The second kappa shape index (κ2) is 8.74. The second-order valence-corrected chi connectivity index (χ2v) is 7.51. The fourth-order valence-corrected chi connectivity index (χ4v) is 3.91. The van der Waals surface area contributed by atoms with Gasteiger partial charge in [-0.2, -0.15) is 0 Å². The fraction of sp³-hybridized carbons (Fsp3) is 0.292. The van der Waals surface area contributed by atoms with Crippen molar-refractivity contribution in [2.45, 2.75) is 31.5 Å². The summed E-state index contributed by atoms with van der Waals surface area (Å²) >= 11 is 0. The lowest BCUT2D eigenvalue weighted by atomic mass is 9.86. The Kier molecular flexibility index (Phi) is 5.85. The highest BCUT2D eigenvalue weighted by molar-refractivity contribution is 6.00. The lowest BCUT2D eigenvalue weighted by Crippen LogP contribution is -2.57. The molecule has 166 valence electrons. The summed E-state index contributed by atoms with van der Waals surface area (Å²) in [6.07, 6.45) is 2.29. The molecule has 0 fully saturated rings. The number of anilines is 1. The van der Waals surface area contributed by atoms with Crippen LogP contribution in [0.3, 0.4) is 0 Å². The normalized spacial score (nSPS) is 21.5. The first-order valence-electron chi connectivity index (χ1n) is 10.4. The number of amides is 1. The predicted molar refractivity (Wildman–Crippen MR) is 116 cm³/mol. The number of hydrogen-bond donors (Lipinski definition) is 2. The first-order chi connectivity index (χ1) is 15.5. The van der Waals surface area contributed by atoms with Crippen molar-refractivity contribution in [2.24, 2.45) is 0 Å². The van der Waals surface area contributed by atoms with Crippen LogP contribution in [0.15, 0.2) is 60.2 Å². The Morgan fingerprint density at radius 1 is 1.22 bits per heavy atom. The van der Waals surface area contributed by atoms with E-state index in [0.29, 0.717) is 24.2 Å². The maximum Gasteiger partial charge on any atom is 0.339 e. The summed E-state index contributed by atoms with van der Waals surface area (Å²) in [7, 11) is 1.59. The molecule has 4 rings (SSSR count). The van der Waals surface area contributed by atoms with Crippen molar-refractivity contribution in [1.82, 2.24) is 5.32 Å². The first-order valence-corrected chi connectivity index (χ1v) is 10.4. The third kappa shape index (κ3) is 4.03. The number of hydrogen-bond acceptors (Lipinski definition) is 7. The van der Waals surface area contributed by atoms with Crippen LogP contribution in [-0.4, -0.2) is 43.3 Å². The van der Waals surface area contributed by atoms with Gasteiger partial charge >= 0.3 is 11.9 Å². The minimum absolute atomic E-state index is 0.152. The van der Waals surface area contributed by atoms with Gasteiger partial charge in [0, 0.05) is 17.7 Å². The van der Waals surface area contributed by atoms with E-state index in [0.717, 1.165) is 11.3 Å². The van der Waals surface area contributed by atoms with Gasteiger partial charge in [0.1, 0.15) is 17.4 Å². The van der Waals surface area contributed by atoms with Gasteiger partial charge in [-0.15, -0.1) is 0 Å². The number of aryl methyl sites for hydroxylation is 1. The number of esters is 2. The molecule has 2 aliphatic rings. The van der Waals surface area contributed by atoms with E-state index in [1.54, 1.807) is 50.4 Å². The van der Waals surface area contributed by atoms with Gasteiger partial charge in [0.25, 0.3) is 5.91 Å². The number of ether oxygens (including phenoxy) is 3. The van der Waals surface area contributed by atoms with Crippen LogP contribution < -0.4 is 15.4 Å². The number of benzene rings is 2. The van der Waals surface area contributed by atoms with Crippen molar-refractivity contribution >= 4 is 23.5 Å². The SMILES string of the molecule is CCOC(=O)C1=CC(NC(=O)c2ccccc2)C(=O)OC12CCc1cc(OC)ccc1N2. The number of methoxy groups -OCH3 is 1. The zero-order valence-electron chi connectivity index (χ0n) is 17.8. The molecule has 0 radical (unpaired) electrons. The molecule has 2 heterocycles. The molecule has 0 aliphatic carbocycles. The summed E-state index contributed by atoms with van der Waals surface area (Å²) in [6, 6.07) is 12.9. The molecule has 0 saturated carbocycles. The van der Waals surface area contributed by atoms with Crippen molar-refractivity contribution in [3.05, 3.63) is 71.3 Å². The van der Waals surface area contributed by atoms with E-state index in [-0.39, 0.29) is 12.2 Å². The number of fused-ring (bicyclic) bond motifs is 1. The summed E-state index contributed by atoms with van der Waals surface area (Å²) in [5, 5.41) is 5.83. The standard InChI is InChI=1S/C24H24N2O6/c1-3-31-22(28)18-14-20(25-21(27)15-7-5-4-6-8-15)23(29)32-24(18)12-11-16-13-17(30-2)9-10-19(16)26-24/h4-10,13-14,20,26H,3,11-12H2,1-2H3,(H,25,27). The first kappa shape index (κ1) is 21.4. The molecular weight excluding hydrogens is 412 g/mol.